The normalized spacial score (nSPS) is 16.7. The molecule has 2 aromatic rings. The molecule has 0 radical (unpaired) electrons. The van der Waals surface area contributed by atoms with E-state index in [-0.39, 0.29) is 11.8 Å². The number of carbonyl (C=O) groups is 2. The van der Waals surface area contributed by atoms with Crippen LogP contribution in [0.4, 0.5) is 5.69 Å². The zero-order valence-electron chi connectivity index (χ0n) is 12.3. The van der Waals surface area contributed by atoms with E-state index in [1.165, 1.54) is 7.11 Å². The number of ether oxygens (including phenoxy) is 1. The number of hydrogen-bond donors (Lipinski definition) is 1. The second-order valence-corrected chi connectivity index (χ2v) is 5.29. The Morgan fingerprint density at radius 2 is 2.18 bits per heavy atom. The summed E-state index contributed by atoms with van der Waals surface area (Å²) in [6.45, 7) is 0.784. The molecule has 0 saturated carbocycles. The van der Waals surface area contributed by atoms with Gasteiger partial charge in [-0.1, -0.05) is 12.1 Å². The number of amides is 1. The van der Waals surface area contributed by atoms with E-state index >= 15 is 0 Å². The molecule has 1 atom stereocenters. The van der Waals surface area contributed by atoms with Crippen LogP contribution >= 0.6 is 0 Å². The van der Waals surface area contributed by atoms with Gasteiger partial charge in [-0.2, -0.15) is 0 Å². The summed E-state index contributed by atoms with van der Waals surface area (Å²) in [5, 5.41) is 2.85. The molecule has 6 heteroatoms. The number of imidazole rings is 1. The lowest BCUT2D eigenvalue weighted by Gasteiger charge is -2.23. The fourth-order valence-electron chi connectivity index (χ4n) is 2.71. The summed E-state index contributed by atoms with van der Waals surface area (Å²) in [6.07, 6.45) is 5.00. The maximum Gasteiger partial charge on any atom is 0.339 e. The van der Waals surface area contributed by atoms with Gasteiger partial charge < -0.3 is 14.6 Å². The van der Waals surface area contributed by atoms with Gasteiger partial charge in [0.05, 0.1) is 24.7 Å². The molecule has 2 heterocycles. The molecule has 1 aliphatic heterocycles. The van der Waals surface area contributed by atoms with Crippen molar-refractivity contribution in [2.45, 2.75) is 19.4 Å². The van der Waals surface area contributed by atoms with Crippen molar-refractivity contribution in [2.75, 3.05) is 12.4 Å². The molecule has 0 spiro atoms. The zero-order valence-corrected chi connectivity index (χ0v) is 12.3. The van der Waals surface area contributed by atoms with Crippen molar-refractivity contribution in [1.29, 1.82) is 0 Å². The third-order valence-corrected chi connectivity index (χ3v) is 3.93. The number of aryl methyl sites for hydroxylation is 1. The average Bonchev–Trinajstić information content (AvgIpc) is 3.02. The minimum atomic E-state index is -0.461. The van der Waals surface area contributed by atoms with Crippen LogP contribution in [-0.4, -0.2) is 28.5 Å². The highest BCUT2D eigenvalue weighted by atomic mass is 16.5. The third kappa shape index (κ3) is 2.72. The van der Waals surface area contributed by atoms with E-state index in [2.05, 4.69) is 14.9 Å². The number of rotatable bonds is 3. The molecule has 1 N–H and O–H groups in total. The van der Waals surface area contributed by atoms with Crippen LogP contribution in [0.25, 0.3) is 0 Å². The first kappa shape index (κ1) is 14.3. The van der Waals surface area contributed by atoms with Gasteiger partial charge in [0.1, 0.15) is 0 Å². The minimum absolute atomic E-state index is 0.0798. The molecule has 1 unspecified atom stereocenters. The Balaban J connectivity index is 1.74. The van der Waals surface area contributed by atoms with Crippen molar-refractivity contribution in [3.05, 3.63) is 48.0 Å². The fraction of sp³-hybridized carbons (Fsp3) is 0.312. The zero-order chi connectivity index (χ0) is 15.5. The number of anilines is 1. The van der Waals surface area contributed by atoms with Crippen LogP contribution in [0.1, 0.15) is 22.5 Å². The van der Waals surface area contributed by atoms with E-state index < -0.39 is 5.97 Å². The Hall–Kier alpha value is -2.63. The van der Waals surface area contributed by atoms with Crippen molar-refractivity contribution in [1.82, 2.24) is 9.55 Å². The standard InChI is InChI=1S/C16H17N3O3/c1-22-16(21)13-4-2-3-5-14(13)18-15(20)11-6-7-19-10-17-9-12(19)8-11/h2-5,9-11H,6-8H2,1H3,(H,18,20). The smallest absolute Gasteiger partial charge is 0.339 e. The molecule has 0 saturated heterocycles. The van der Waals surface area contributed by atoms with Crippen molar-refractivity contribution in [2.24, 2.45) is 5.92 Å². The van der Waals surface area contributed by atoms with Gasteiger partial charge >= 0.3 is 5.97 Å². The summed E-state index contributed by atoms with van der Waals surface area (Å²) in [6, 6.07) is 6.85. The minimum Gasteiger partial charge on any atom is -0.465 e. The molecular weight excluding hydrogens is 282 g/mol. The van der Waals surface area contributed by atoms with Crippen LogP contribution in [-0.2, 0) is 22.5 Å². The van der Waals surface area contributed by atoms with Crippen molar-refractivity contribution in [3.63, 3.8) is 0 Å². The van der Waals surface area contributed by atoms with E-state index in [1.54, 1.807) is 36.8 Å². The highest BCUT2D eigenvalue weighted by molar-refractivity contribution is 6.01. The first-order valence-electron chi connectivity index (χ1n) is 7.16. The van der Waals surface area contributed by atoms with Gasteiger partial charge in [0, 0.05) is 30.8 Å². The van der Waals surface area contributed by atoms with E-state index in [0.29, 0.717) is 17.7 Å². The summed E-state index contributed by atoms with van der Waals surface area (Å²) in [5.74, 6) is -0.656. The maximum absolute atomic E-state index is 12.5. The summed E-state index contributed by atoms with van der Waals surface area (Å²) < 4.78 is 6.80. The summed E-state index contributed by atoms with van der Waals surface area (Å²) >= 11 is 0. The van der Waals surface area contributed by atoms with Gasteiger partial charge in [0.15, 0.2) is 0 Å². The second-order valence-electron chi connectivity index (χ2n) is 5.29. The Morgan fingerprint density at radius 1 is 1.36 bits per heavy atom. The number of methoxy groups -OCH3 is 1. The lowest BCUT2D eigenvalue weighted by molar-refractivity contribution is -0.120. The Bertz CT molecular complexity index is 708. The number of aromatic nitrogens is 2. The number of nitrogens with one attached hydrogen (secondary N) is 1. The molecule has 0 fully saturated rings. The number of fused-ring (bicyclic) bond motifs is 1. The van der Waals surface area contributed by atoms with E-state index in [4.69, 9.17) is 4.74 Å². The molecular formula is C16H17N3O3. The number of carbonyl (C=O) groups excluding carboxylic acids is 2. The predicted molar refractivity (Wildman–Crippen MR) is 80.4 cm³/mol. The molecule has 1 aliphatic rings. The first-order valence-corrected chi connectivity index (χ1v) is 7.16. The molecule has 0 aliphatic carbocycles. The van der Waals surface area contributed by atoms with Crippen molar-refractivity contribution in [3.8, 4) is 0 Å². The van der Waals surface area contributed by atoms with E-state index in [0.717, 1.165) is 18.7 Å². The van der Waals surface area contributed by atoms with E-state index in [9.17, 15) is 9.59 Å². The average molecular weight is 299 g/mol. The molecule has 1 amide bonds. The van der Waals surface area contributed by atoms with Gasteiger partial charge in [-0.25, -0.2) is 9.78 Å². The highest BCUT2D eigenvalue weighted by Gasteiger charge is 2.25. The Labute approximate surface area is 128 Å². The SMILES string of the molecule is COC(=O)c1ccccc1NC(=O)C1CCn2cncc2C1. The van der Waals surface area contributed by atoms with Gasteiger partial charge in [-0.15, -0.1) is 0 Å². The maximum atomic E-state index is 12.5. The molecule has 6 nitrogen and oxygen atoms in total. The monoisotopic (exact) mass is 299 g/mol. The second kappa shape index (κ2) is 6.01. The van der Waals surface area contributed by atoms with Gasteiger partial charge in [0.2, 0.25) is 5.91 Å². The lowest BCUT2D eigenvalue weighted by atomic mass is 9.95. The molecule has 1 aromatic carbocycles. The largest absolute Gasteiger partial charge is 0.465 e. The lowest BCUT2D eigenvalue weighted by Crippen LogP contribution is -2.30. The topological polar surface area (TPSA) is 73.2 Å². The van der Waals surface area contributed by atoms with Gasteiger partial charge in [-0.3, -0.25) is 4.79 Å². The van der Waals surface area contributed by atoms with Gasteiger partial charge in [-0.05, 0) is 18.6 Å². The highest BCUT2D eigenvalue weighted by Crippen LogP contribution is 2.23. The van der Waals surface area contributed by atoms with E-state index in [1.807, 2.05) is 0 Å². The van der Waals surface area contributed by atoms with Crippen LogP contribution in [0.15, 0.2) is 36.8 Å². The summed E-state index contributed by atoms with van der Waals surface area (Å²) in [7, 11) is 1.32. The molecule has 3 rings (SSSR count). The van der Waals surface area contributed by atoms with Crippen molar-refractivity contribution < 1.29 is 14.3 Å². The summed E-state index contributed by atoms with van der Waals surface area (Å²) in [5.41, 5.74) is 1.91. The molecule has 1 aromatic heterocycles. The molecule has 114 valence electrons. The Kier molecular flexibility index (Phi) is 3.91. The first-order chi connectivity index (χ1) is 10.7. The number of esters is 1. The Morgan fingerprint density at radius 3 is 3.00 bits per heavy atom. The van der Waals surface area contributed by atoms with Gasteiger partial charge in [0.25, 0.3) is 0 Å². The van der Waals surface area contributed by atoms with Crippen LogP contribution < -0.4 is 5.32 Å². The van der Waals surface area contributed by atoms with Crippen LogP contribution in [0, 0.1) is 5.92 Å². The quantitative estimate of drug-likeness (QED) is 0.878. The molecule has 22 heavy (non-hydrogen) atoms. The number of hydrogen-bond acceptors (Lipinski definition) is 4. The predicted octanol–water partition coefficient (Wildman–Crippen LogP) is 1.87. The van der Waals surface area contributed by atoms with Crippen LogP contribution in [0.5, 0.6) is 0 Å². The summed E-state index contributed by atoms with van der Waals surface area (Å²) in [4.78, 5) is 28.3. The third-order valence-electron chi connectivity index (χ3n) is 3.93. The number of nitrogens with zero attached hydrogens (tertiary/aromatic N) is 2. The fourth-order valence-corrected chi connectivity index (χ4v) is 2.71. The molecule has 0 bridgehead atoms. The number of para-hydroxylation sites is 1. The van der Waals surface area contributed by atoms with Crippen LogP contribution in [0.2, 0.25) is 0 Å². The number of benzene rings is 1. The van der Waals surface area contributed by atoms with Crippen LogP contribution in [0.3, 0.4) is 0 Å². The van der Waals surface area contributed by atoms with Crippen molar-refractivity contribution >= 4 is 17.6 Å².